The van der Waals surface area contributed by atoms with Gasteiger partial charge in [0.25, 0.3) is 0 Å². The summed E-state index contributed by atoms with van der Waals surface area (Å²) >= 11 is 0. The zero-order valence-electron chi connectivity index (χ0n) is 13.3. The van der Waals surface area contributed by atoms with Gasteiger partial charge in [0.15, 0.2) is 0 Å². The Morgan fingerprint density at radius 2 is 2.35 bits per heavy atom. The van der Waals surface area contributed by atoms with Crippen molar-refractivity contribution in [3.05, 3.63) is 29.6 Å². The van der Waals surface area contributed by atoms with E-state index in [0.717, 1.165) is 24.1 Å². The molecule has 3 rings (SSSR count). The molecule has 0 saturated carbocycles. The van der Waals surface area contributed by atoms with Crippen molar-refractivity contribution in [1.29, 1.82) is 0 Å². The zero-order chi connectivity index (χ0) is 16.3. The number of hydrogen-bond donors (Lipinski definition) is 2. The fourth-order valence-electron chi connectivity index (χ4n) is 3.13. The number of aryl methyl sites for hydroxylation is 1. The lowest BCUT2D eigenvalue weighted by Crippen LogP contribution is -2.41. The Morgan fingerprint density at radius 1 is 1.48 bits per heavy atom. The molecule has 3 amide bonds. The van der Waals surface area contributed by atoms with Gasteiger partial charge in [-0.25, -0.2) is 9.59 Å². The fraction of sp³-hybridized carbons (Fsp3) is 0.562. The molecular weight excluding hydrogens is 296 g/mol. The van der Waals surface area contributed by atoms with E-state index >= 15 is 0 Å². The SMILES string of the molecule is Cc1cccnc1CNC(=O)N1CCC[C@]2(CC1)CNC(=O)O2. The molecule has 3 heterocycles. The number of amides is 3. The van der Waals surface area contributed by atoms with Crippen molar-refractivity contribution in [2.45, 2.75) is 38.3 Å². The van der Waals surface area contributed by atoms with Gasteiger partial charge in [-0.1, -0.05) is 6.07 Å². The Balaban J connectivity index is 1.54. The molecule has 0 unspecified atom stereocenters. The van der Waals surface area contributed by atoms with Crippen molar-refractivity contribution in [2.24, 2.45) is 0 Å². The first-order valence-electron chi connectivity index (χ1n) is 7.98. The van der Waals surface area contributed by atoms with Crippen LogP contribution in [0.15, 0.2) is 18.3 Å². The number of alkyl carbamates (subject to hydrolysis) is 1. The Labute approximate surface area is 135 Å². The molecule has 0 aliphatic carbocycles. The summed E-state index contributed by atoms with van der Waals surface area (Å²) in [7, 11) is 0. The van der Waals surface area contributed by atoms with Crippen LogP contribution >= 0.6 is 0 Å². The van der Waals surface area contributed by atoms with Gasteiger partial charge < -0.3 is 20.3 Å². The average Bonchev–Trinajstić information content (AvgIpc) is 2.78. The molecule has 2 saturated heterocycles. The molecule has 1 spiro atoms. The molecule has 0 bridgehead atoms. The maximum atomic E-state index is 12.4. The van der Waals surface area contributed by atoms with Crippen LogP contribution in [0.2, 0.25) is 0 Å². The maximum Gasteiger partial charge on any atom is 0.407 e. The Morgan fingerprint density at radius 3 is 3.09 bits per heavy atom. The number of carbonyl (C=O) groups excluding carboxylic acids is 2. The van der Waals surface area contributed by atoms with E-state index < -0.39 is 5.60 Å². The van der Waals surface area contributed by atoms with Crippen LogP contribution in [0.3, 0.4) is 0 Å². The molecule has 7 nitrogen and oxygen atoms in total. The first-order chi connectivity index (χ1) is 11.1. The van der Waals surface area contributed by atoms with Gasteiger partial charge in [0.05, 0.1) is 18.8 Å². The number of ether oxygens (including phenoxy) is 1. The number of urea groups is 1. The summed E-state index contributed by atoms with van der Waals surface area (Å²) in [6.07, 6.45) is 3.65. The third-order valence-corrected chi connectivity index (χ3v) is 4.57. The Bertz CT molecular complexity index is 607. The van der Waals surface area contributed by atoms with Crippen LogP contribution in [0.5, 0.6) is 0 Å². The van der Waals surface area contributed by atoms with Gasteiger partial charge in [0.1, 0.15) is 5.60 Å². The lowest BCUT2D eigenvalue weighted by Gasteiger charge is -2.25. The molecule has 0 radical (unpaired) electrons. The number of rotatable bonds is 2. The van der Waals surface area contributed by atoms with E-state index in [1.165, 1.54) is 0 Å². The van der Waals surface area contributed by atoms with Crippen LogP contribution in [0, 0.1) is 6.92 Å². The van der Waals surface area contributed by atoms with Crippen LogP contribution in [-0.2, 0) is 11.3 Å². The summed E-state index contributed by atoms with van der Waals surface area (Å²) in [5, 5.41) is 5.64. The van der Waals surface area contributed by atoms with Crippen LogP contribution in [-0.4, -0.2) is 47.2 Å². The van der Waals surface area contributed by atoms with Gasteiger partial charge in [0, 0.05) is 25.7 Å². The second-order valence-electron chi connectivity index (χ2n) is 6.19. The molecule has 2 aliphatic rings. The standard InChI is InChI=1S/C16H22N4O3/c1-12-4-2-7-17-13(12)10-18-14(21)20-8-3-5-16(6-9-20)11-19-15(22)23-16/h2,4,7H,3,5-6,8-11H2,1H3,(H,18,21)(H,19,22)/t16-/m0/s1. The highest BCUT2D eigenvalue weighted by atomic mass is 16.6. The second kappa shape index (κ2) is 6.44. The second-order valence-corrected chi connectivity index (χ2v) is 6.19. The van der Waals surface area contributed by atoms with E-state index in [2.05, 4.69) is 15.6 Å². The quantitative estimate of drug-likeness (QED) is 0.867. The number of pyridine rings is 1. The minimum Gasteiger partial charge on any atom is -0.441 e. The summed E-state index contributed by atoms with van der Waals surface area (Å²) in [4.78, 5) is 29.7. The number of hydrogen-bond acceptors (Lipinski definition) is 4. The molecule has 23 heavy (non-hydrogen) atoms. The van der Waals surface area contributed by atoms with Gasteiger partial charge in [-0.3, -0.25) is 4.98 Å². The van der Waals surface area contributed by atoms with Crippen molar-refractivity contribution in [1.82, 2.24) is 20.5 Å². The van der Waals surface area contributed by atoms with Crippen molar-refractivity contribution in [2.75, 3.05) is 19.6 Å². The van der Waals surface area contributed by atoms with Crippen LogP contribution in [0.25, 0.3) is 0 Å². The van der Waals surface area contributed by atoms with Gasteiger partial charge >= 0.3 is 12.1 Å². The van der Waals surface area contributed by atoms with Crippen molar-refractivity contribution in [3.63, 3.8) is 0 Å². The number of likely N-dealkylation sites (tertiary alicyclic amines) is 1. The summed E-state index contributed by atoms with van der Waals surface area (Å²) < 4.78 is 5.42. The molecule has 0 aromatic carbocycles. The molecule has 2 aliphatic heterocycles. The zero-order valence-corrected chi connectivity index (χ0v) is 13.3. The van der Waals surface area contributed by atoms with Gasteiger partial charge in [-0.05, 0) is 31.4 Å². The first-order valence-corrected chi connectivity index (χ1v) is 7.98. The summed E-state index contributed by atoms with van der Waals surface area (Å²) in [6.45, 7) is 4.19. The number of aromatic nitrogens is 1. The number of nitrogens with zero attached hydrogens (tertiary/aromatic N) is 2. The predicted octanol–water partition coefficient (Wildman–Crippen LogP) is 1.56. The van der Waals surface area contributed by atoms with Gasteiger partial charge in [-0.2, -0.15) is 0 Å². The summed E-state index contributed by atoms with van der Waals surface area (Å²) in [6, 6.07) is 3.77. The van der Waals surface area contributed by atoms with E-state index in [1.54, 1.807) is 11.1 Å². The van der Waals surface area contributed by atoms with E-state index in [4.69, 9.17) is 4.74 Å². The summed E-state index contributed by atoms with van der Waals surface area (Å²) in [5.74, 6) is 0. The highest BCUT2D eigenvalue weighted by molar-refractivity contribution is 5.74. The predicted molar refractivity (Wildman–Crippen MR) is 83.8 cm³/mol. The normalized spacial score (nSPS) is 24.0. The minimum atomic E-state index is -0.441. The van der Waals surface area contributed by atoms with Crippen LogP contribution in [0.4, 0.5) is 9.59 Å². The number of carbonyl (C=O) groups is 2. The van der Waals surface area contributed by atoms with Crippen molar-refractivity contribution >= 4 is 12.1 Å². The molecule has 7 heteroatoms. The highest BCUT2D eigenvalue weighted by Gasteiger charge is 2.41. The molecular formula is C16H22N4O3. The Hall–Kier alpha value is -2.31. The van der Waals surface area contributed by atoms with E-state index in [9.17, 15) is 9.59 Å². The monoisotopic (exact) mass is 318 g/mol. The molecule has 2 fully saturated rings. The molecule has 1 atom stereocenters. The molecule has 1 aromatic heterocycles. The smallest absolute Gasteiger partial charge is 0.407 e. The maximum absolute atomic E-state index is 12.4. The van der Waals surface area contributed by atoms with E-state index in [0.29, 0.717) is 32.6 Å². The highest BCUT2D eigenvalue weighted by Crippen LogP contribution is 2.29. The van der Waals surface area contributed by atoms with Crippen LogP contribution in [0.1, 0.15) is 30.5 Å². The van der Waals surface area contributed by atoms with Crippen molar-refractivity contribution in [3.8, 4) is 0 Å². The minimum absolute atomic E-state index is 0.0932. The lowest BCUT2D eigenvalue weighted by molar-refractivity contribution is 0.0453. The third-order valence-electron chi connectivity index (χ3n) is 4.57. The molecule has 1 aromatic rings. The molecule has 124 valence electrons. The Kier molecular flexibility index (Phi) is 4.36. The number of nitrogens with one attached hydrogen (secondary N) is 2. The molecule has 2 N–H and O–H groups in total. The average molecular weight is 318 g/mol. The third kappa shape index (κ3) is 3.55. The van der Waals surface area contributed by atoms with Gasteiger partial charge in [0.2, 0.25) is 0 Å². The lowest BCUT2D eigenvalue weighted by atomic mass is 9.95. The summed E-state index contributed by atoms with van der Waals surface area (Å²) in [5.41, 5.74) is 1.50. The van der Waals surface area contributed by atoms with Gasteiger partial charge in [-0.15, -0.1) is 0 Å². The topological polar surface area (TPSA) is 83.6 Å². The van der Waals surface area contributed by atoms with Crippen molar-refractivity contribution < 1.29 is 14.3 Å². The first kappa shape index (κ1) is 15.6. The van der Waals surface area contributed by atoms with Crippen LogP contribution < -0.4 is 10.6 Å². The van der Waals surface area contributed by atoms with E-state index in [-0.39, 0.29) is 12.1 Å². The largest absolute Gasteiger partial charge is 0.441 e. The van der Waals surface area contributed by atoms with E-state index in [1.807, 2.05) is 19.1 Å². The fourth-order valence-corrected chi connectivity index (χ4v) is 3.13.